The van der Waals surface area contributed by atoms with Gasteiger partial charge in [-0.25, -0.2) is 18.6 Å². The van der Waals surface area contributed by atoms with Crippen molar-refractivity contribution in [3.8, 4) is 17.5 Å². The predicted octanol–water partition coefficient (Wildman–Crippen LogP) is 2.79. The van der Waals surface area contributed by atoms with Gasteiger partial charge >= 0.3 is 5.97 Å². The molecule has 0 radical (unpaired) electrons. The molecule has 3 heterocycles. The van der Waals surface area contributed by atoms with Crippen LogP contribution in [0.25, 0.3) is 10.2 Å². The molecule has 1 aliphatic rings. The van der Waals surface area contributed by atoms with Gasteiger partial charge in [-0.15, -0.1) is 16.1 Å². The van der Waals surface area contributed by atoms with Gasteiger partial charge < -0.3 is 20.2 Å². The summed E-state index contributed by atoms with van der Waals surface area (Å²) in [5.74, 6) is -5.08. The molecule has 1 atom stereocenters. The van der Waals surface area contributed by atoms with Crippen LogP contribution in [0.1, 0.15) is 18.9 Å². The zero-order valence-electron chi connectivity index (χ0n) is 14.9. The van der Waals surface area contributed by atoms with Crippen LogP contribution in [-0.4, -0.2) is 46.8 Å². The molecule has 0 amide bonds. The summed E-state index contributed by atoms with van der Waals surface area (Å²) < 4.78 is 27.4. The lowest BCUT2D eigenvalue weighted by Gasteiger charge is -2.22. The Hall–Kier alpha value is -2.86. The molecule has 0 saturated carbocycles. The summed E-state index contributed by atoms with van der Waals surface area (Å²) in [7, 11) is 0. The minimum atomic E-state index is -1.12. The number of phenolic OH excluding ortho intramolecular Hbond substituents is 1. The largest absolute Gasteiger partial charge is 0.503 e. The molecule has 8 nitrogen and oxygen atoms in total. The van der Waals surface area contributed by atoms with Crippen LogP contribution in [0.15, 0.2) is 23.2 Å². The summed E-state index contributed by atoms with van der Waals surface area (Å²) in [6, 6.07) is 2.19. The van der Waals surface area contributed by atoms with E-state index in [0.29, 0.717) is 9.77 Å². The van der Waals surface area contributed by atoms with E-state index in [1.165, 1.54) is 11.8 Å². The summed E-state index contributed by atoms with van der Waals surface area (Å²) in [4.78, 5) is 26.1. The zero-order valence-corrected chi connectivity index (χ0v) is 16.5. The van der Waals surface area contributed by atoms with Crippen molar-refractivity contribution in [3.63, 3.8) is 0 Å². The molecular weight excluding hydrogens is 428 g/mol. The van der Waals surface area contributed by atoms with Gasteiger partial charge in [-0.2, -0.15) is 0 Å². The molecule has 29 heavy (non-hydrogen) atoms. The number of benzene rings is 1. The molecule has 0 spiro atoms. The van der Waals surface area contributed by atoms with Crippen LogP contribution >= 0.6 is 23.1 Å². The average molecular weight is 441 g/mol. The van der Waals surface area contributed by atoms with Crippen molar-refractivity contribution in [2.24, 2.45) is 4.99 Å². The van der Waals surface area contributed by atoms with E-state index >= 15 is 0 Å². The molecule has 0 bridgehead atoms. The highest BCUT2D eigenvalue weighted by Crippen LogP contribution is 2.42. The Morgan fingerprint density at radius 2 is 1.90 bits per heavy atom. The van der Waals surface area contributed by atoms with Crippen molar-refractivity contribution in [1.29, 1.82) is 0 Å². The molecule has 0 fully saturated rings. The van der Waals surface area contributed by atoms with Crippen LogP contribution in [0.2, 0.25) is 0 Å². The number of phenols is 1. The van der Waals surface area contributed by atoms with Crippen molar-refractivity contribution in [3.05, 3.63) is 34.8 Å². The maximum atomic E-state index is 14.1. The van der Waals surface area contributed by atoms with Gasteiger partial charge in [0.1, 0.15) is 10.1 Å². The highest BCUT2D eigenvalue weighted by Gasteiger charge is 2.45. The number of thioether (sulfide) groups is 1. The second kappa shape index (κ2) is 6.59. The number of thiazole rings is 1. The van der Waals surface area contributed by atoms with Crippen LogP contribution in [-0.2, 0) is 4.79 Å². The lowest BCUT2D eigenvalue weighted by Crippen LogP contribution is -2.40. The molecule has 4 rings (SSSR count). The van der Waals surface area contributed by atoms with E-state index in [9.17, 15) is 28.9 Å². The first kappa shape index (κ1) is 19.5. The van der Waals surface area contributed by atoms with E-state index in [0.717, 1.165) is 29.5 Å². The number of hydrogen-bond acceptors (Lipinski definition) is 9. The van der Waals surface area contributed by atoms with Crippen molar-refractivity contribution < 1.29 is 33.7 Å². The predicted molar refractivity (Wildman–Crippen MR) is 103 cm³/mol. The van der Waals surface area contributed by atoms with Crippen molar-refractivity contribution >= 4 is 44.3 Å². The van der Waals surface area contributed by atoms with E-state index in [-0.39, 0.29) is 15.2 Å². The fourth-order valence-corrected chi connectivity index (χ4v) is 4.93. The molecule has 0 saturated heterocycles. The Labute approximate surface area is 170 Å². The molecule has 1 aromatic carbocycles. The molecule has 0 aliphatic carbocycles. The molecule has 152 valence electrons. The fourth-order valence-electron chi connectivity index (χ4n) is 2.75. The Morgan fingerprint density at radius 3 is 2.55 bits per heavy atom. The van der Waals surface area contributed by atoms with Gasteiger partial charge in [0.15, 0.2) is 23.4 Å². The highest BCUT2D eigenvalue weighted by molar-refractivity contribution is 8.16. The van der Waals surface area contributed by atoms with Crippen LogP contribution in [0.5, 0.6) is 17.5 Å². The van der Waals surface area contributed by atoms with Crippen LogP contribution in [0.3, 0.4) is 0 Å². The van der Waals surface area contributed by atoms with Gasteiger partial charge in [0.05, 0.1) is 10.2 Å². The first-order valence-electron chi connectivity index (χ1n) is 8.15. The monoisotopic (exact) mass is 441 g/mol. The summed E-state index contributed by atoms with van der Waals surface area (Å²) in [6.45, 7) is 3.46. The van der Waals surface area contributed by atoms with Crippen LogP contribution in [0.4, 0.5) is 8.78 Å². The number of aliphatic imine (C=N–C) groups is 1. The van der Waals surface area contributed by atoms with Gasteiger partial charge in [-0.1, -0.05) is 11.8 Å². The molecule has 12 heteroatoms. The number of nitrogens with zero attached hydrogens (tertiary/aromatic N) is 3. The number of rotatable bonds is 3. The number of aromatic nitrogens is 2. The molecule has 3 aromatic rings. The van der Waals surface area contributed by atoms with Crippen molar-refractivity contribution in [2.45, 2.75) is 24.6 Å². The number of hydrogen-bond donors (Lipinski definition) is 3. The van der Waals surface area contributed by atoms with Gasteiger partial charge in [0.2, 0.25) is 11.8 Å². The van der Waals surface area contributed by atoms with Gasteiger partial charge in [-0.05, 0) is 13.8 Å². The van der Waals surface area contributed by atoms with Crippen molar-refractivity contribution in [1.82, 2.24) is 9.71 Å². The minimum absolute atomic E-state index is 0.0205. The van der Waals surface area contributed by atoms with E-state index < -0.39 is 45.9 Å². The van der Waals surface area contributed by atoms with E-state index in [1.54, 1.807) is 13.8 Å². The van der Waals surface area contributed by atoms with Crippen LogP contribution in [0, 0.1) is 11.6 Å². The van der Waals surface area contributed by atoms with Gasteiger partial charge in [-0.3, -0.25) is 4.99 Å². The van der Waals surface area contributed by atoms with E-state index in [2.05, 4.69) is 9.98 Å². The van der Waals surface area contributed by atoms with Crippen LogP contribution < -0.4 is 4.84 Å². The second-order valence-corrected chi connectivity index (χ2v) is 9.33. The number of halogens is 2. The first-order chi connectivity index (χ1) is 13.6. The maximum absolute atomic E-state index is 14.1. The van der Waals surface area contributed by atoms with Gasteiger partial charge in [0.25, 0.3) is 0 Å². The molecule has 1 unspecified atom stereocenters. The molecule has 3 N–H and O–H groups in total. The van der Waals surface area contributed by atoms with Crippen molar-refractivity contribution in [2.75, 3.05) is 0 Å². The number of fused-ring (bicyclic) bond motifs is 1. The average Bonchev–Trinajstić information content (AvgIpc) is 3.30. The SMILES string of the molecule is CC1(C)SC(c2nc3cc(F)c(O)c(F)c3s2)=NC1C(=O)On1c(O)ccc1O. The van der Waals surface area contributed by atoms with Gasteiger partial charge in [0, 0.05) is 22.9 Å². The normalized spacial score (nSPS) is 18.2. The smallest absolute Gasteiger partial charge is 0.358 e. The summed E-state index contributed by atoms with van der Waals surface area (Å²) in [5.41, 5.74) is 0.0205. The maximum Gasteiger partial charge on any atom is 0.358 e. The third-order valence-electron chi connectivity index (χ3n) is 4.20. The Morgan fingerprint density at radius 1 is 1.24 bits per heavy atom. The summed E-state index contributed by atoms with van der Waals surface area (Å²) in [6.07, 6.45) is 0. The fraction of sp³-hybridized carbons (Fsp3) is 0.235. The molecular formula is C17H13F2N3O5S2. The Balaban J connectivity index is 1.68. The summed E-state index contributed by atoms with van der Waals surface area (Å²) >= 11 is 2.06. The minimum Gasteiger partial charge on any atom is -0.503 e. The highest BCUT2D eigenvalue weighted by atomic mass is 32.2. The Kier molecular flexibility index (Phi) is 4.42. The van der Waals surface area contributed by atoms with E-state index in [4.69, 9.17) is 4.84 Å². The quantitative estimate of drug-likeness (QED) is 0.572. The number of carbonyl (C=O) groups excluding carboxylic acids is 1. The second-order valence-electron chi connectivity index (χ2n) is 6.68. The third kappa shape index (κ3) is 3.17. The standard InChI is InChI=1S/C17H13F2N3O5S2/c1-17(2)13(16(26)27-22-8(23)3-4-9(22)24)21-15(29-17)14-20-7-5-6(18)11(25)10(19)12(7)28-14/h3-5,13,23-25H,1-2H3. The molecule has 2 aromatic heterocycles. The topological polar surface area (TPSA) is 117 Å². The number of carbonyl (C=O) groups is 1. The first-order valence-corrected chi connectivity index (χ1v) is 9.78. The molecule has 1 aliphatic heterocycles. The zero-order chi connectivity index (χ0) is 21.1. The summed E-state index contributed by atoms with van der Waals surface area (Å²) in [5, 5.41) is 29.3. The lowest BCUT2D eigenvalue weighted by atomic mass is 10.0. The lowest BCUT2D eigenvalue weighted by molar-refractivity contribution is -0.147. The third-order valence-corrected chi connectivity index (χ3v) is 6.64. The number of aromatic hydroxyl groups is 3. The van der Waals surface area contributed by atoms with E-state index in [1.807, 2.05) is 0 Å². The Bertz CT molecular complexity index is 1170.